The molecule has 0 unspecified atom stereocenters. The second kappa shape index (κ2) is 5.07. The van der Waals surface area contributed by atoms with Crippen molar-refractivity contribution >= 4 is 17.4 Å². The van der Waals surface area contributed by atoms with Crippen LogP contribution in [0, 0.1) is 0 Å². The standard InChI is InChI=1S/C10H9ClF2O2/c11-4-3-9(15)8-5-6(14)1-2-7(8)10(12)13/h1-2,5,10,14H,3-4H2. The number of aromatic hydroxyl groups is 1. The Morgan fingerprint density at radius 2 is 2.13 bits per heavy atom. The predicted molar refractivity (Wildman–Crippen MR) is 52.7 cm³/mol. The van der Waals surface area contributed by atoms with Crippen LogP contribution in [0.25, 0.3) is 0 Å². The zero-order valence-electron chi connectivity index (χ0n) is 7.71. The molecule has 1 aromatic rings. The summed E-state index contributed by atoms with van der Waals surface area (Å²) in [6, 6.07) is 3.21. The third kappa shape index (κ3) is 2.89. The van der Waals surface area contributed by atoms with Crippen LogP contribution in [0.1, 0.15) is 28.8 Å². The lowest BCUT2D eigenvalue weighted by molar-refractivity contribution is 0.0974. The lowest BCUT2D eigenvalue weighted by atomic mass is 10.0. The third-order valence-electron chi connectivity index (χ3n) is 1.89. The number of carbonyl (C=O) groups excluding carboxylic acids is 1. The van der Waals surface area contributed by atoms with E-state index in [1.807, 2.05) is 0 Å². The first-order valence-corrected chi connectivity index (χ1v) is 4.80. The Bertz CT molecular complexity index is 366. The van der Waals surface area contributed by atoms with Gasteiger partial charge in [0.15, 0.2) is 5.78 Å². The van der Waals surface area contributed by atoms with Crippen molar-refractivity contribution in [3.05, 3.63) is 29.3 Å². The summed E-state index contributed by atoms with van der Waals surface area (Å²) in [4.78, 5) is 11.4. The maximum Gasteiger partial charge on any atom is 0.264 e. The van der Waals surface area contributed by atoms with Crippen LogP contribution in [0.15, 0.2) is 18.2 Å². The van der Waals surface area contributed by atoms with Gasteiger partial charge in [0.1, 0.15) is 5.75 Å². The third-order valence-corrected chi connectivity index (χ3v) is 2.08. The van der Waals surface area contributed by atoms with E-state index >= 15 is 0 Å². The number of alkyl halides is 3. The lowest BCUT2D eigenvalue weighted by Crippen LogP contribution is -2.04. The average Bonchev–Trinajstić information content (AvgIpc) is 2.17. The van der Waals surface area contributed by atoms with Gasteiger partial charge < -0.3 is 5.11 Å². The van der Waals surface area contributed by atoms with Gasteiger partial charge in [-0.05, 0) is 18.2 Å². The fourth-order valence-corrected chi connectivity index (χ4v) is 1.37. The number of rotatable bonds is 4. The molecule has 1 aromatic carbocycles. The van der Waals surface area contributed by atoms with E-state index in [1.165, 1.54) is 0 Å². The molecule has 1 rings (SSSR count). The maximum atomic E-state index is 12.5. The van der Waals surface area contributed by atoms with Crippen LogP contribution < -0.4 is 0 Å². The number of Topliss-reactive ketones (excluding diaryl/α,β-unsaturated/α-hetero) is 1. The van der Waals surface area contributed by atoms with Crippen LogP contribution in [0.3, 0.4) is 0 Å². The van der Waals surface area contributed by atoms with Crippen LogP contribution in [0.2, 0.25) is 0 Å². The van der Waals surface area contributed by atoms with Crippen molar-refractivity contribution in [3.8, 4) is 5.75 Å². The molecule has 2 nitrogen and oxygen atoms in total. The summed E-state index contributed by atoms with van der Waals surface area (Å²) >= 11 is 5.35. The molecule has 0 radical (unpaired) electrons. The molecular formula is C10H9ClF2O2. The van der Waals surface area contributed by atoms with Gasteiger partial charge >= 0.3 is 0 Å². The minimum atomic E-state index is -2.74. The van der Waals surface area contributed by atoms with Crippen molar-refractivity contribution in [2.24, 2.45) is 0 Å². The first-order chi connectivity index (χ1) is 7.06. The molecule has 0 bridgehead atoms. The molecule has 0 amide bonds. The van der Waals surface area contributed by atoms with E-state index in [0.717, 1.165) is 18.2 Å². The van der Waals surface area contributed by atoms with Crippen molar-refractivity contribution in [2.45, 2.75) is 12.8 Å². The molecule has 0 aliphatic rings. The highest BCUT2D eigenvalue weighted by Crippen LogP contribution is 2.27. The van der Waals surface area contributed by atoms with Crippen molar-refractivity contribution < 1.29 is 18.7 Å². The normalized spacial score (nSPS) is 10.7. The number of hydrogen-bond donors (Lipinski definition) is 1. The van der Waals surface area contributed by atoms with Gasteiger partial charge in [-0.3, -0.25) is 4.79 Å². The summed E-state index contributed by atoms with van der Waals surface area (Å²) in [6.45, 7) is 0. The molecule has 5 heteroatoms. The van der Waals surface area contributed by atoms with Crippen LogP contribution in [-0.4, -0.2) is 16.8 Å². The minimum Gasteiger partial charge on any atom is -0.508 e. The highest BCUT2D eigenvalue weighted by molar-refractivity contribution is 6.19. The summed E-state index contributed by atoms with van der Waals surface area (Å²) in [5, 5.41) is 9.11. The van der Waals surface area contributed by atoms with Crippen LogP contribution in [-0.2, 0) is 0 Å². The summed E-state index contributed by atoms with van der Waals surface area (Å²) in [6.07, 6.45) is -2.76. The van der Waals surface area contributed by atoms with Crippen molar-refractivity contribution in [1.82, 2.24) is 0 Å². The summed E-state index contributed by atoms with van der Waals surface area (Å²) in [5.74, 6) is -0.634. The van der Waals surface area contributed by atoms with Gasteiger partial charge in [0.2, 0.25) is 0 Å². The number of hydrogen-bond acceptors (Lipinski definition) is 2. The SMILES string of the molecule is O=C(CCCl)c1cc(O)ccc1C(F)F. The summed E-state index contributed by atoms with van der Waals surface area (Å²) in [5.41, 5.74) is -0.534. The predicted octanol–water partition coefficient (Wildman–Crippen LogP) is 3.14. The topological polar surface area (TPSA) is 37.3 Å². The quantitative estimate of drug-likeness (QED) is 0.642. The molecule has 82 valence electrons. The lowest BCUT2D eigenvalue weighted by Gasteiger charge is -2.07. The van der Waals surface area contributed by atoms with Gasteiger partial charge in [-0.25, -0.2) is 8.78 Å². The monoisotopic (exact) mass is 234 g/mol. The number of phenols is 1. The van der Waals surface area contributed by atoms with Crippen LogP contribution in [0.5, 0.6) is 5.75 Å². The zero-order chi connectivity index (χ0) is 11.4. The first kappa shape index (κ1) is 11.9. The van der Waals surface area contributed by atoms with E-state index in [9.17, 15) is 13.6 Å². The van der Waals surface area contributed by atoms with Crippen LogP contribution >= 0.6 is 11.6 Å². The fraction of sp³-hybridized carbons (Fsp3) is 0.300. The van der Waals surface area contributed by atoms with E-state index < -0.39 is 12.2 Å². The molecule has 15 heavy (non-hydrogen) atoms. The Kier molecular flexibility index (Phi) is 4.03. The Hall–Kier alpha value is -1.16. The summed E-state index contributed by atoms with van der Waals surface area (Å²) in [7, 11) is 0. The number of ketones is 1. The highest BCUT2D eigenvalue weighted by atomic mass is 35.5. The summed E-state index contributed by atoms with van der Waals surface area (Å²) < 4.78 is 25.0. The average molecular weight is 235 g/mol. The second-order valence-electron chi connectivity index (χ2n) is 2.93. The molecule has 0 aliphatic carbocycles. The molecule has 0 fully saturated rings. The molecule has 0 heterocycles. The number of halogens is 3. The fourth-order valence-electron chi connectivity index (χ4n) is 1.20. The van der Waals surface area contributed by atoms with Crippen molar-refractivity contribution in [2.75, 3.05) is 5.88 Å². The molecule has 1 N–H and O–H groups in total. The molecule has 0 saturated carbocycles. The van der Waals surface area contributed by atoms with E-state index in [1.54, 1.807) is 0 Å². The number of carbonyl (C=O) groups is 1. The van der Waals surface area contributed by atoms with Gasteiger partial charge in [-0.2, -0.15) is 0 Å². The molecular weight excluding hydrogens is 226 g/mol. The van der Waals surface area contributed by atoms with Gasteiger partial charge in [0.05, 0.1) is 0 Å². The maximum absolute atomic E-state index is 12.5. The van der Waals surface area contributed by atoms with E-state index in [0.29, 0.717) is 0 Å². The molecule has 0 aromatic heterocycles. The Morgan fingerprint density at radius 3 is 2.67 bits per heavy atom. The highest BCUT2D eigenvalue weighted by Gasteiger charge is 2.18. The van der Waals surface area contributed by atoms with Gasteiger partial charge in [0.25, 0.3) is 6.43 Å². The van der Waals surface area contributed by atoms with Crippen molar-refractivity contribution in [1.29, 1.82) is 0 Å². The first-order valence-electron chi connectivity index (χ1n) is 4.26. The van der Waals surface area contributed by atoms with Crippen molar-refractivity contribution in [3.63, 3.8) is 0 Å². The Morgan fingerprint density at radius 1 is 1.47 bits per heavy atom. The zero-order valence-corrected chi connectivity index (χ0v) is 8.47. The van der Waals surface area contributed by atoms with Gasteiger partial charge in [0, 0.05) is 23.4 Å². The minimum absolute atomic E-state index is 0.0231. The largest absolute Gasteiger partial charge is 0.508 e. The van der Waals surface area contributed by atoms with Gasteiger partial charge in [-0.15, -0.1) is 11.6 Å². The number of phenolic OH excluding ortho intramolecular Hbond substituents is 1. The smallest absolute Gasteiger partial charge is 0.264 e. The Labute approximate surface area is 90.5 Å². The van der Waals surface area contributed by atoms with E-state index in [4.69, 9.17) is 16.7 Å². The molecule has 0 aliphatic heterocycles. The van der Waals surface area contributed by atoms with Gasteiger partial charge in [-0.1, -0.05) is 0 Å². The second-order valence-corrected chi connectivity index (χ2v) is 3.31. The van der Waals surface area contributed by atoms with E-state index in [-0.39, 0.29) is 29.2 Å². The van der Waals surface area contributed by atoms with Crippen LogP contribution in [0.4, 0.5) is 8.78 Å². The number of benzene rings is 1. The molecule has 0 saturated heterocycles. The molecule has 0 atom stereocenters. The van der Waals surface area contributed by atoms with E-state index in [2.05, 4.69) is 0 Å². The Balaban J connectivity index is 3.12. The molecule has 0 spiro atoms.